The molecule has 3 aromatic rings. The fourth-order valence-corrected chi connectivity index (χ4v) is 3.58. The molecule has 0 N–H and O–H groups in total. The molecule has 2 aromatic carbocycles. The Morgan fingerprint density at radius 1 is 1.03 bits per heavy atom. The van der Waals surface area contributed by atoms with Gasteiger partial charge in [-0.1, -0.05) is 0 Å². The van der Waals surface area contributed by atoms with Gasteiger partial charge in [0.1, 0.15) is 23.5 Å². The van der Waals surface area contributed by atoms with Crippen LogP contribution < -0.4 is 4.74 Å². The molecule has 0 aliphatic carbocycles. The van der Waals surface area contributed by atoms with Crippen LogP contribution in [0.2, 0.25) is 0 Å². The Balaban J connectivity index is 2.45. The lowest BCUT2D eigenvalue weighted by Gasteiger charge is -2.17. The molecule has 0 amide bonds. The quantitative estimate of drug-likeness (QED) is 0.636. The van der Waals surface area contributed by atoms with E-state index in [-0.39, 0.29) is 32.9 Å². The number of nitriles is 1. The SMILES string of the molecule is COc1cc(S(C)(=O)=O)cc(-c2cc(F)c(C)c(F)c2)c1-c1cncc(C#N)c1. The van der Waals surface area contributed by atoms with Gasteiger partial charge in [0.25, 0.3) is 0 Å². The summed E-state index contributed by atoms with van der Waals surface area (Å²) in [5, 5.41) is 9.18. The number of nitrogens with zero attached hydrogens (tertiary/aromatic N) is 2. The van der Waals surface area contributed by atoms with E-state index in [9.17, 15) is 22.5 Å². The van der Waals surface area contributed by atoms with E-state index >= 15 is 0 Å². The first-order valence-corrected chi connectivity index (χ1v) is 10.3. The normalized spacial score (nSPS) is 11.2. The first-order valence-electron chi connectivity index (χ1n) is 8.39. The van der Waals surface area contributed by atoms with Crippen LogP contribution in [0.5, 0.6) is 5.75 Å². The number of benzene rings is 2. The van der Waals surface area contributed by atoms with Crippen molar-refractivity contribution < 1.29 is 21.9 Å². The molecule has 0 saturated heterocycles. The van der Waals surface area contributed by atoms with Crippen LogP contribution in [0, 0.1) is 29.9 Å². The molecule has 0 saturated carbocycles. The standard InChI is InChI=1S/C21H16F2N2O3S/c1-12-18(22)5-14(6-19(12)23)17-7-16(29(3,26)27)8-20(28-2)21(17)15-4-13(9-24)10-25-11-15/h4-8,10-11H,1-3H3. The fourth-order valence-electron chi connectivity index (χ4n) is 2.93. The van der Waals surface area contributed by atoms with Crippen molar-refractivity contribution in [2.75, 3.05) is 13.4 Å². The summed E-state index contributed by atoms with van der Waals surface area (Å²) in [6.07, 6.45) is 3.86. The summed E-state index contributed by atoms with van der Waals surface area (Å²) < 4.78 is 58.2. The van der Waals surface area contributed by atoms with Crippen LogP contribution in [0.25, 0.3) is 22.3 Å². The van der Waals surface area contributed by atoms with Crippen molar-refractivity contribution in [3.8, 4) is 34.1 Å². The molecule has 3 rings (SSSR count). The molecule has 1 heterocycles. The zero-order valence-electron chi connectivity index (χ0n) is 15.8. The van der Waals surface area contributed by atoms with Crippen molar-refractivity contribution in [2.24, 2.45) is 0 Å². The predicted octanol–water partition coefficient (Wildman–Crippen LogP) is 4.29. The molecule has 5 nitrogen and oxygen atoms in total. The smallest absolute Gasteiger partial charge is 0.175 e. The molecule has 0 atom stereocenters. The highest BCUT2D eigenvalue weighted by Crippen LogP contribution is 2.42. The highest BCUT2D eigenvalue weighted by Gasteiger charge is 2.21. The number of aromatic nitrogens is 1. The number of pyridine rings is 1. The number of rotatable bonds is 4. The van der Waals surface area contributed by atoms with Gasteiger partial charge in [-0.15, -0.1) is 0 Å². The Morgan fingerprint density at radius 2 is 1.69 bits per heavy atom. The maximum Gasteiger partial charge on any atom is 0.175 e. The molecule has 1 aromatic heterocycles. The van der Waals surface area contributed by atoms with Gasteiger partial charge in [0.2, 0.25) is 0 Å². The van der Waals surface area contributed by atoms with Crippen molar-refractivity contribution >= 4 is 9.84 Å². The fraction of sp³-hybridized carbons (Fsp3) is 0.143. The van der Waals surface area contributed by atoms with Crippen LogP contribution in [0.15, 0.2) is 47.6 Å². The Hall–Kier alpha value is -3.31. The Morgan fingerprint density at radius 3 is 2.24 bits per heavy atom. The average Bonchev–Trinajstić information content (AvgIpc) is 2.69. The minimum Gasteiger partial charge on any atom is -0.496 e. The molecule has 0 aliphatic rings. The number of halogens is 2. The summed E-state index contributed by atoms with van der Waals surface area (Å²) in [6, 6.07) is 8.43. The molecular formula is C21H16F2N2O3S. The van der Waals surface area contributed by atoms with E-state index < -0.39 is 21.5 Å². The Labute approximate surface area is 167 Å². The molecule has 0 bridgehead atoms. The third kappa shape index (κ3) is 3.96. The molecular weight excluding hydrogens is 398 g/mol. The van der Waals surface area contributed by atoms with Crippen molar-refractivity contribution in [1.29, 1.82) is 5.26 Å². The highest BCUT2D eigenvalue weighted by atomic mass is 32.2. The van der Waals surface area contributed by atoms with Crippen LogP contribution >= 0.6 is 0 Å². The number of methoxy groups -OCH3 is 1. The van der Waals surface area contributed by atoms with E-state index in [4.69, 9.17) is 4.74 Å². The number of hydrogen-bond donors (Lipinski definition) is 0. The van der Waals surface area contributed by atoms with Crippen LogP contribution in [0.4, 0.5) is 8.78 Å². The lowest BCUT2D eigenvalue weighted by molar-refractivity contribution is 0.415. The molecule has 0 radical (unpaired) electrons. The van der Waals surface area contributed by atoms with Crippen molar-refractivity contribution in [3.63, 3.8) is 0 Å². The van der Waals surface area contributed by atoms with Crippen molar-refractivity contribution in [2.45, 2.75) is 11.8 Å². The highest BCUT2D eigenvalue weighted by molar-refractivity contribution is 7.90. The third-order valence-corrected chi connectivity index (χ3v) is 5.56. The minimum absolute atomic E-state index is 0.0705. The first kappa shape index (κ1) is 20.4. The monoisotopic (exact) mass is 414 g/mol. The number of hydrogen-bond acceptors (Lipinski definition) is 5. The lowest BCUT2D eigenvalue weighted by Crippen LogP contribution is -2.02. The van der Waals surface area contributed by atoms with Crippen LogP contribution in [0.3, 0.4) is 0 Å². The van der Waals surface area contributed by atoms with Crippen molar-refractivity contribution in [3.05, 3.63) is 65.5 Å². The topological polar surface area (TPSA) is 80.1 Å². The van der Waals surface area contributed by atoms with Gasteiger partial charge in [0.05, 0.1) is 17.6 Å². The summed E-state index contributed by atoms with van der Waals surface area (Å²) in [5.74, 6) is -1.36. The van der Waals surface area contributed by atoms with E-state index in [1.54, 1.807) is 0 Å². The van der Waals surface area contributed by atoms with E-state index in [2.05, 4.69) is 4.98 Å². The lowest BCUT2D eigenvalue weighted by atomic mass is 9.93. The van der Waals surface area contributed by atoms with E-state index in [0.717, 1.165) is 18.4 Å². The first-order chi connectivity index (χ1) is 13.7. The van der Waals surface area contributed by atoms with Gasteiger partial charge in [-0.3, -0.25) is 4.98 Å². The largest absolute Gasteiger partial charge is 0.496 e. The predicted molar refractivity (Wildman–Crippen MR) is 104 cm³/mol. The molecule has 0 spiro atoms. The van der Waals surface area contributed by atoms with Gasteiger partial charge in [-0.05, 0) is 48.4 Å². The van der Waals surface area contributed by atoms with Crippen LogP contribution in [0.1, 0.15) is 11.1 Å². The zero-order valence-corrected chi connectivity index (χ0v) is 16.6. The summed E-state index contributed by atoms with van der Waals surface area (Å²) in [6.45, 7) is 1.31. The van der Waals surface area contributed by atoms with Crippen LogP contribution in [-0.2, 0) is 9.84 Å². The molecule has 0 fully saturated rings. The Bertz CT molecular complexity index is 1240. The maximum absolute atomic E-state index is 14.3. The number of ether oxygens (including phenoxy) is 1. The van der Waals surface area contributed by atoms with Gasteiger partial charge in [0, 0.05) is 35.3 Å². The van der Waals surface area contributed by atoms with Gasteiger partial charge < -0.3 is 4.74 Å². The third-order valence-electron chi connectivity index (χ3n) is 4.47. The summed E-state index contributed by atoms with van der Waals surface area (Å²) in [4.78, 5) is 3.95. The van der Waals surface area contributed by atoms with E-state index in [1.165, 1.54) is 44.6 Å². The van der Waals surface area contributed by atoms with Gasteiger partial charge in [-0.25, -0.2) is 17.2 Å². The average molecular weight is 414 g/mol. The summed E-state index contributed by atoms with van der Waals surface area (Å²) in [7, 11) is -2.29. The van der Waals surface area contributed by atoms with Crippen molar-refractivity contribution in [1.82, 2.24) is 4.98 Å². The second-order valence-corrected chi connectivity index (χ2v) is 8.47. The number of sulfone groups is 1. The van der Waals surface area contributed by atoms with Gasteiger partial charge in [0.15, 0.2) is 9.84 Å². The molecule has 29 heavy (non-hydrogen) atoms. The molecule has 0 unspecified atom stereocenters. The summed E-state index contributed by atoms with van der Waals surface area (Å²) in [5.41, 5.74) is 1.30. The summed E-state index contributed by atoms with van der Waals surface area (Å²) >= 11 is 0. The Kier molecular flexibility index (Phi) is 5.36. The van der Waals surface area contributed by atoms with E-state index in [1.807, 2.05) is 6.07 Å². The van der Waals surface area contributed by atoms with Crippen LogP contribution in [-0.4, -0.2) is 26.8 Å². The molecule has 0 aliphatic heterocycles. The molecule has 148 valence electrons. The second kappa shape index (κ2) is 7.60. The van der Waals surface area contributed by atoms with Gasteiger partial charge in [-0.2, -0.15) is 5.26 Å². The zero-order chi connectivity index (χ0) is 21.3. The second-order valence-electron chi connectivity index (χ2n) is 6.46. The molecule has 8 heteroatoms. The maximum atomic E-state index is 14.3. The minimum atomic E-state index is -3.64. The van der Waals surface area contributed by atoms with Gasteiger partial charge >= 0.3 is 0 Å². The van der Waals surface area contributed by atoms with E-state index in [0.29, 0.717) is 11.1 Å².